The van der Waals surface area contributed by atoms with Gasteiger partial charge in [-0.3, -0.25) is 0 Å². The molecule has 1 aromatic carbocycles. The number of hydrogen-bond donors (Lipinski definition) is 1. The van der Waals surface area contributed by atoms with Gasteiger partial charge in [0.1, 0.15) is 12.0 Å². The van der Waals surface area contributed by atoms with E-state index in [0.717, 1.165) is 19.6 Å². The summed E-state index contributed by atoms with van der Waals surface area (Å²) < 4.78 is 6.15. The molecule has 3 rings (SSSR count). The zero-order valence-electron chi connectivity index (χ0n) is 13.0. The first-order chi connectivity index (χ1) is 10.4. The van der Waals surface area contributed by atoms with Gasteiger partial charge in [0.2, 0.25) is 0 Å². The molecular formula is C18H26N2O. The lowest BCUT2D eigenvalue weighted by Crippen LogP contribution is -2.41. The Balaban J connectivity index is 1.70. The second-order valence-electron chi connectivity index (χ2n) is 5.96. The Morgan fingerprint density at radius 3 is 3.00 bits per heavy atom. The summed E-state index contributed by atoms with van der Waals surface area (Å²) in [5.74, 6) is 1.20. The standard InChI is InChI=1S/C18H26N2O/c1-2-3-8-13-21-18-11-6-7-12-20(18)17-14-15-9-4-5-10-16(15)19-17/h4-5,9-10,14,18-19H,2-3,6-8,11-13H2,1H3. The smallest absolute Gasteiger partial charge is 0.131 e. The van der Waals surface area contributed by atoms with Crippen LogP contribution in [0.1, 0.15) is 45.4 Å². The number of anilines is 1. The second-order valence-corrected chi connectivity index (χ2v) is 5.96. The first kappa shape index (κ1) is 14.5. The first-order valence-corrected chi connectivity index (χ1v) is 8.34. The second kappa shape index (κ2) is 6.99. The third kappa shape index (κ3) is 3.41. The van der Waals surface area contributed by atoms with E-state index < -0.39 is 0 Å². The average Bonchev–Trinajstić information content (AvgIpc) is 2.96. The van der Waals surface area contributed by atoms with E-state index in [9.17, 15) is 0 Å². The van der Waals surface area contributed by atoms with Gasteiger partial charge in [0, 0.05) is 24.1 Å². The molecule has 1 aromatic heterocycles. The molecule has 0 saturated carbocycles. The topological polar surface area (TPSA) is 28.3 Å². The Hall–Kier alpha value is -1.48. The largest absolute Gasteiger partial charge is 0.358 e. The van der Waals surface area contributed by atoms with Crippen molar-refractivity contribution in [3.8, 4) is 0 Å². The van der Waals surface area contributed by atoms with Gasteiger partial charge in [-0.2, -0.15) is 0 Å². The summed E-state index contributed by atoms with van der Waals surface area (Å²) in [4.78, 5) is 5.95. The molecule has 0 radical (unpaired) electrons. The minimum Gasteiger partial charge on any atom is -0.358 e. The van der Waals surface area contributed by atoms with E-state index in [2.05, 4.69) is 47.1 Å². The number of aromatic nitrogens is 1. The van der Waals surface area contributed by atoms with Crippen molar-refractivity contribution in [3.63, 3.8) is 0 Å². The predicted molar refractivity (Wildman–Crippen MR) is 88.8 cm³/mol. The number of nitrogens with one attached hydrogen (secondary N) is 1. The van der Waals surface area contributed by atoms with Gasteiger partial charge in [-0.15, -0.1) is 0 Å². The van der Waals surface area contributed by atoms with Gasteiger partial charge in [-0.25, -0.2) is 0 Å². The molecule has 0 bridgehead atoms. The third-order valence-electron chi connectivity index (χ3n) is 4.33. The van der Waals surface area contributed by atoms with E-state index in [1.54, 1.807) is 0 Å². The minimum absolute atomic E-state index is 0.240. The summed E-state index contributed by atoms with van der Waals surface area (Å²) in [6.07, 6.45) is 7.59. The number of hydrogen-bond acceptors (Lipinski definition) is 2. The molecule has 2 aromatic rings. The number of rotatable bonds is 6. The molecule has 2 heterocycles. The number of H-pyrrole nitrogens is 1. The van der Waals surface area contributed by atoms with E-state index in [0.29, 0.717) is 0 Å². The van der Waals surface area contributed by atoms with Crippen molar-refractivity contribution in [1.29, 1.82) is 0 Å². The summed E-state index contributed by atoms with van der Waals surface area (Å²) in [6.45, 7) is 4.21. The molecule has 0 spiro atoms. The maximum atomic E-state index is 6.15. The van der Waals surface area contributed by atoms with E-state index in [1.807, 2.05) is 0 Å². The fourth-order valence-corrected chi connectivity index (χ4v) is 3.13. The lowest BCUT2D eigenvalue weighted by atomic mass is 10.1. The lowest BCUT2D eigenvalue weighted by Gasteiger charge is -2.36. The molecule has 0 amide bonds. The first-order valence-electron chi connectivity index (χ1n) is 8.34. The Morgan fingerprint density at radius 2 is 2.14 bits per heavy atom. The van der Waals surface area contributed by atoms with Gasteiger partial charge < -0.3 is 14.6 Å². The molecule has 0 aliphatic carbocycles. The van der Waals surface area contributed by atoms with Gasteiger partial charge in [0.15, 0.2) is 0 Å². The van der Waals surface area contributed by atoms with Crippen LogP contribution in [0.25, 0.3) is 10.9 Å². The maximum absolute atomic E-state index is 6.15. The summed E-state index contributed by atoms with van der Waals surface area (Å²) >= 11 is 0. The highest BCUT2D eigenvalue weighted by Crippen LogP contribution is 2.28. The van der Waals surface area contributed by atoms with Crippen LogP contribution in [0.4, 0.5) is 5.82 Å². The number of ether oxygens (including phenoxy) is 1. The highest BCUT2D eigenvalue weighted by molar-refractivity contribution is 5.84. The Morgan fingerprint density at radius 1 is 1.24 bits per heavy atom. The van der Waals surface area contributed by atoms with Crippen molar-refractivity contribution in [1.82, 2.24) is 4.98 Å². The molecule has 1 fully saturated rings. The highest BCUT2D eigenvalue weighted by Gasteiger charge is 2.24. The zero-order valence-corrected chi connectivity index (χ0v) is 13.0. The summed E-state index contributed by atoms with van der Waals surface area (Å²) in [7, 11) is 0. The number of fused-ring (bicyclic) bond motifs is 1. The summed E-state index contributed by atoms with van der Waals surface area (Å²) in [5, 5.41) is 1.28. The number of para-hydroxylation sites is 1. The van der Waals surface area contributed by atoms with Crippen LogP contribution in [-0.2, 0) is 4.74 Å². The summed E-state index contributed by atoms with van der Waals surface area (Å²) in [6, 6.07) is 10.7. The van der Waals surface area contributed by atoms with Crippen LogP contribution in [0.5, 0.6) is 0 Å². The monoisotopic (exact) mass is 286 g/mol. The van der Waals surface area contributed by atoms with Gasteiger partial charge >= 0.3 is 0 Å². The van der Waals surface area contributed by atoms with E-state index in [4.69, 9.17) is 4.74 Å². The molecule has 1 saturated heterocycles. The van der Waals surface area contributed by atoms with Crippen molar-refractivity contribution in [2.24, 2.45) is 0 Å². The van der Waals surface area contributed by atoms with Crippen LogP contribution in [0.2, 0.25) is 0 Å². The fourth-order valence-electron chi connectivity index (χ4n) is 3.13. The van der Waals surface area contributed by atoms with Crippen molar-refractivity contribution >= 4 is 16.7 Å². The highest BCUT2D eigenvalue weighted by atomic mass is 16.5. The van der Waals surface area contributed by atoms with E-state index in [-0.39, 0.29) is 6.23 Å². The SMILES string of the molecule is CCCCCOC1CCCCN1c1cc2ccccc2[nH]1. The van der Waals surface area contributed by atoms with Crippen LogP contribution in [0.3, 0.4) is 0 Å². The van der Waals surface area contributed by atoms with E-state index in [1.165, 1.54) is 48.8 Å². The molecule has 3 heteroatoms. The average molecular weight is 286 g/mol. The van der Waals surface area contributed by atoms with Gasteiger partial charge in [0.05, 0.1) is 0 Å². The van der Waals surface area contributed by atoms with Crippen molar-refractivity contribution in [2.75, 3.05) is 18.1 Å². The molecule has 21 heavy (non-hydrogen) atoms. The Bertz CT molecular complexity index is 530. The van der Waals surface area contributed by atoms with Gasteiger partial charge in [-0.05, 0) is 37.8 Å². The normalized spacial score (nSPS) is 19.3. The molecule has 1 aliphatic heterocycles. The molecule has 1 atom stereocenters. The predicted octanol–water partition coefficient (Wildman–Crippen LogP) is 4.69. The molecule has 114 valence electrons. The number of unbranched alkanes of at least 4 members (excludes halogenated alkanes) is 2. The summed E-state index contributed by atoms with van der Waals surface area (Å²) in [5.41, 5.74) is 1.21. The Labute approximate surface area is 127 Å². The van der Waals surface area contributed by atoms with Crippen molar-refractivity contribution in [2.45, 2.75) is 51.7 Å². The molecule has 1 unspecified atom stereocenters. The quantitative estimate of drug-likeness (QED) is 0.780. The number of piperidine rings is 1. The third-order valence-corrected chi connectivity index (χ3v) is 4.33. The van der Waals surface area contributed by atoms with Crippen LogP contribution in [-0.4, -0.2) is 24.4 Å². The van der Waals surface area contributed by atoms with Crippen LogP contribution in [0, 0.1) is 0 Å². The number of benzene rings is 1. The zero-order chi connectivity index (χ0) is 14.5. The molecule has 1 aliphatic rings. The van der Waals surface area contributed by atoms with Gasteiger partial charge in [0.25, 0.3) is 0 Å². The van der Waals surface area contributed by atoms with Crippen molar-refractivity contribution < 1.29 is 4.74 Å². The molecule has 3 nitrogen and oxygen atoms in total. The number of aromatic amines is 1. The van der Waals surface area contributed by atoms with Crippen LogP contribution >= 0.6 is 0 Å². The van der Waals surface area contributed by atoms with Crippen molar-refractivity contribution in [3.05, 3.63) is 30.3 Å². The molecular weight excluding hydrogens is 260 g/mol. The van der Waals surface area contributed by atoms with Crippen LogP contribution < -0.4 is 4.90 Å². The molecule has 1 N–H and O–H groups in total. The Kier molecular flexibility index (Phi) is 4.81. The minimum atomic E-state index is 0.240. The maximum Gasteiger partial charge on any atom is 0.131 e. The van der Waals surface area contributed by atoms with Crippen LogP contribution in [0.15, 0.2) is 30.3 Å². The number of nitrogens with zero attached hydrogens (tertiary/aromatic N) is 1. The van der Waals surface area contributed by atoms with Gasteiger partial charge in [-0.1, -0.05) is 38.0 Å². The fraction of sp³-hybridized carbons (Fsp3) is 0.556. The van der Waals surface area contributed by atoms with E-state index >= 15 is 0 Å². The lowest BCUT2D eigenvalue weighted by molar-refractivity contribution is 0.0321.